The molecule has 20 heavy (non-hydrogen) atoms. The van der Waals surface area contributed by atoms with Crippen molar-refractivity contribution < 1.29 is 8.42 Å². The Bertz CT molecular complexity index is 542. The normalized spacial score (nSPS) is 27.4. The van der Waals surface area contributed by atoms with Crippen LogP contribution in [0.15, 0.2) is 23.4 Å². The predicted molar refractivity (Wildman–Crippen MR) is 78.4 cm³/mol. The van der Waals surface area contributed by atoms with Gasteiger partial charge in [0.2, 0.25) is 0 Å². The minimum Gasteiger partial charge on any atom is -0.326 e. The lowest BCUT2D eigenvalue weighted by atomic mass is 9.80. The van der Waals surface area contributed by atoms with Gasteiger partial charge in [0, 0.05) is 18.8 Å². The Morgan fingerprint density at radius 3 is 2.65 bits per heavy atom. The maximum Gasteiger partial charge on any atom is 0.258 e. The fraction of sp³-hybridized carbons (Fsp3) is 0.643. The average molecular weight is 297 g/mol. The minimum atomic E-state index is -3.54. The molecule has 1 aromatic rings. The summed E-state index contributed by atoms with van der Waals surface area (Å²) in [6, 6.07) is 3.22. The summed E-state index contributed by atoms with van der Waals surface area (Å²) in [5, 5.41) is 0.0699. The van der Waals surface area contributed by atoms with E-state index in [9.17, 15) is 8.42 Å². The molecule has 3 unspecified atom stereocenters. The highest BCUT2D eigenvalue weighted by atomic mass is 32.2. The van der Waals surface area contributed by atoms with Gasteiger partial charge in [0.25, 0.3) is 10.0 Å². The highest BCUT2D eigenvalue weighted by Crippen LogP contribution is 2.29. The van der Waals surface area contributed by atoms with Gasteiger partial charge in [0.15, 0.2) is 5.03 Å². The van der Waals surface area contributed by atoms with E-state index in [-0.39, 0.29) is 11.1 Å². The first-order chi connectivity index (χ1) is 9.42. The molecule has 2 rings (SSSR count). The number of hydrogen-bond donors (Lipinski definition) is 2. The number of nitrogens with two attached hydrogens (primary N) is 1. The van der Waals surface area contributed by atoms with Crippen molar-refractivity contribution in [3.63, 3.8) is 0 Å². The van der Waals surface area contributed by atoms with E-state index >= 15 is 0 Å². The third-order valence-corrected chi connectivity index (χ3v) is 5.45. The second kappa shape index (κ2) is 6.20. The molecule has 0 aliphatic heterocycles. The maximum atomic E-state index is 12.3. The van der Waals surface area contributed by atoms with Gasteiger partial charge in [-0.3, -0.25) is 0 Å². The van der Waals surface area contributed by atoms with E-state index < -0.39 is 10.0 Å². The molecule has 0 spiro atoms. The molecule has 0 saturated heterocycles. The molecule has 6 heteroatoms. The number of sulfonamides is 1. The van der Waals surface area contributed by atoms with Crippen LogP contribution in [-0.4, -0.2) is 19.4 Å². The Hall–Kier alpha value is -0.980. The van der Waals surface area contributed by atoms with E-state index in [0.29, 0.717) is 18.4 Å². The van der Waals surface area contributed by atoms with E-state index in [1.54, 1.807) is 6.07 Å². The summed E-state index contributed by atoms with van der Waals surface area (Å²) < 4.78 is 27.4. The van der Waals surface area contributed by atoms with Gasteiger partial charge in [-0.15, -0.1) is 0 Å². The molecule has 0 bridgehead atoms. The molecule has 1 aliphatic rings. The van der Waals surface area contributed by atoms with Crippen molar-refractivity contribution in [2.75, 3.05) is 0 Å². The van der Waals surface area contributed by atoms with Crippen molar-refractivity contribution in [1.29, 1.82) is 0 Å². The third-order valence-electron chi connectivity index (χ3n) is 4.05. The van der Waals surface area contributed by atoms with Gasteiger partial charge in [-0.2, -0.15) is 0 Å². The van der Waals surface area contributed by atoms with Crippen molar-refractivity contribution in [3.8, 4) is 0 Å². The zero-order chi connectivity index (χ0) is 14.8. The summed E-state index contributed by atoms with van der Waals surface area (Å²) in [7, 11) is -3.54. The molecular formula is C14H23N3O2S. The molecule has 5 nitrogen and oxygen atoms in total. The van der Waals surface area contributed by atoms with Crippen molar-refractivity contribution in [3.05, 3.63) is 23.9 Å². The van der Waals surface area contributed by atoms with Crippen LogP contribution in [0.3, 0.4) is 0 Å². The van der Waals surface area contributed by atoms with Gasteiger partial charge in [0.1, 0.15) is 0 Å². The van der Waals surface area contributed by atoms with Crippen molar-refractivity contribution >= 4 is 10.0 Å². The van der Waals surface area contributed by atoms with E-state index in [4.69, 9.17) is 5.73 Å². The predicted octanol–water partition coefficient (Wildman–Crippen LogP) is 1.64. The van der Waals surface area contributed by atoms with Crippen molar-refractivity contribution in [1.82, 2.24) is 9.71 Å². The molecule has 1 saturated carbocycles. The fourth-order valence-corrected chi connectivity index (χ4v) is 4.10. The van der Waals surface area contributed by atoms with E-state index in [1.165, 1.54) is 12.3 Å². The summed E-state index contributed by atoms with van der Waals surface area (Å²) in [6.45, 7) is 4.68. The van der Waals surface area contributed by atoms with Crippen molar-refractivity contribution in [2.24, 2.45) is 17.6 Å². The monoisotopic (exact) mass is 297 g/mol. The molecule has 0 radical (unpaired) electrons. The van der Waals surface area contributed by atoms with Crippen LogP contribution in [0.5, 0.6) is 0 Å². The number of rotatable bonds is 4. The number of hydrogen-bond acceptors (Lipinski definition) is 4. The number of pyridine rings is 1. The molecule has 3 atom stereocenters. The molecular weight excluding hydrogens is 274 g/mol. The lowest BCUT2D eigenvalue weighted by molar-refractivity contribution is 0.249. The van der Waals surface area contributed by atoms with Gasteiger partial charge in [-0.05, 0) is 42.7 Å². The first kappa shape index (κ1) is 15.4. The Morgan fingerprint density at radius 1 is 1.35 bits per heavy atom. The van der Waals surface area contributed by atoms with Crippen LogP contribution in [0.25, 0.3) is 0 Å². The topological polar surface area (TPSA) is 85.1 Å². The summed E-state index contributed by atoms with van der Waals surface area (Å²) in [6.07, 6.45) is 4.53. The lowest BCUT2D eigenvalue weighted by Gasteiger charge is -2.32. The average Bonchev–Trinajstić information content (AvgIpc) is 2.42. The second-order valence-corrected chi connectivity index (χ2v) is 7.49. The summed E-state index contributed by atoms with van der Waals surface area (Å²) in [4.78, 5) is 4.00. The van der Waals surface area contributed by atoms with Gasteiger partial charge in [-0.25, -0.2) is 18.1 Å². The summed E-state index contributed by atoms with van der Waals surface area (Å²) in [5.74, 6) is 1.03. The van der Waals surface area contributed by atoms with Crippen molar-refractivity contribution in [2.45, 2.75) is 50.7 Å². The van der Waals surface area contributed by atoms with Crippen LogP contribution < -0.4 is 10.5 Å². The van der Waals surface area contributed by atoms with Gasteiger partial charge in [0.05, 0.1) is 0 Å². The zero-order valence-corrected chi connectivity index (χ0v) is 12.9. The summed E-state index contributed by atoms with van der Waals surface area (Å²) >= 11 is 0. The van der Waals surface area contributed by atoms with Crippen LogP contribution in [-0.2, 0) is 16.6 Å². The van der Waals surface area contributed by atoms with Crippen LogP contribution >= 0.6 is 0 Å². The molecule has 0 aromatic carbocycles. The van der Waals surface area contributed by atoms with Gasteiger partial charge in [-0.1, -0.05) is 19.9 Å². The van der Waals surface area contributed by atoms with Crippen LogP contribution in [0.1, 0.15) is 38.7 Å². The number of nitrogens with one attached hydrogen (secondary N) is 1. The van der Waals surface area contributed by atoms with E-state index in [1.807, 2.05) is 0 Å². The Labute approximate surface area is 121 Å². The Balaban J connectivity index is 2.10. The molecule has 3 N–H and O–H groups in total. The molecule has 1 heterocycles. The van der Waals surface area contributed by atoms with Crippen LogP contribution in [0.2, 0.25) is 0 Å². The Kier molecular flexibility index (Phi) is 4.78. The standard InChI is InChI=1S/C14H23N3O2S/c1-10-3-5-13(11(2)7-10)17-20(18,19)14-6-4-12(8-15)9-16-14/h4,6,9-11,13,17H,3,5,7-8,15H2,1-2H3. The molecule has 1 fully saturated rings. The minimum absolute atomic E-state index is 0.00665. The first-order valence-corrected chi connectivity index (χ1v) is 8.58. The molecule has 0 amide bonds. The lowest BCUT2D eigenvalue weighted by Crippen LogP contribution is -2.42. The van der Waals surface area contributed by atoms with Gasteiger partial charge < -0.3 is 5.73 Å². The number of nitrogens with zero attached hydrogens (tertiary/aromatic N) is 1. The largest absolute Gasteiger partial charge is 0.326 e. The SMILES string of the molecule is CC1CCC(NS(=O)(=O)c2ccc(CN)cn2)C(C)C1. The second-order valence-electron chi connectivity index (χ2n) is 5.83. The first-order valence-electron chi connectivity index (χ1n) is 7.09. The third kappa shape index (κ3) is 3.56. The highest BCUT2D eigenvalue weighted by molar-refractivity contribution is 7.89. The summed E-state index contributed by atoms with van der Waals surface area (Å²) in [5.41, 5.74) is 6.31. The maximum absolute atomic E-state index is 12.3. The fourth-order valence-electron chi connectivity index (χ4n) is 2.79. The Morgan fingerprint density at radius 2 is 2.10 bits per heavy atom. The number of aromatic nitrogens is 1. The van der Waals surface area contributed by atoms with Gasteiger partial charge >= 0.3 is 0 Å². The quantitative estimate of drug-likeness (QED) is 0.885. The zero-order valence-electron chi connectivity index (χ0n) is 12.0. The molecule has 1 aromatic heterocycles. The van der Waals surface area contributed by atoms with Crippen LogP contribution in [0, 0.1) is 11.8 Å². The smallest absolute Gasteiger partial charge is 0.258 e. The van der Waals surface area contributed by atoms with E-state index in [0.717, 1.165) is 24.8 Å². The molecule has 112 valence electrons. The highest BCUT2D eigenvalue weighted by Gasteiger charge is 2.29. The van der Waals surface area contributed by atoms with E-state index in [2.05, 4.69) is 23.6 Å². The van der Waals surface area contributed by atoms with Crippen LogP contribution in [0.4, 0.5) is 0 Å². The molecule has 1 aliphatic carbocycles.